The molecule has 4 bridgehead atoms. The lowest BCUT2D eigenvalue weighted by molar-refractivity contribution is -0.142. The first-order valence-corrected chi connectivity index (χ1v) is 21.2. The van der Waals surface area contributed by atoms with Gasteiger partial charge in [-0.1, -0.05) is 31.4 Å². The summed E-state index contributed by atoms with van der Waals surface area (Å²) in [5.41, 5.74) is -0.768. The predicted octanol–water partition coefficient (Wildman–Crippen LogP) is 4.81. The van der Waals surface area contributed by atoms with E-state index in [4.69, 9.17) is 9.47 Å². The summed E-state index contributed by atoms with van der Waals surface area (Å²) in [5, 5.41) is 6.70. The van der Waals surface area contributed by atoms with Gasteiger partial charge in [-0.05, 0) is 104 Å². The van der Waals surface area contributed by atoms with E-state index in [1.807, 2.05) is 6.07 Å². The molecule has 2 aliphatic carbocycles. The molecule has 6 rings (SSSR count). The number of aryl methyl sites for hydroxylation is 1. The lowest BCUT2D eigenvalue weighted by Crippen LogP contribution is -2.62. The zero-order chi connectivity index (χ0) is 37.8. The molecule has 53 heavy (non-hydrogen) atoms. The fourth-order valence-corrected chi connectivity index (χ4v) is 9.88. The van der Waals surface area contributed by atoms with Crippen molar-refractivity contribution >= 4 is 67.2 Å². The summed E-state index contributed by atoms with van der Waals surface area (Å²) in [4.78, 5) is 61.9. The molecule has 3 fully saturated rings. The SMILES string of the molecule is C=CC[C@@](C=C)(NC(=O)[C@@H]1C[C@@H]2CN1C(=O)[C@H](C1CCCCC1)NC(=O)OCCCCCc1cc(I)c3ccnc(c3c1)O2)C(=O)NS(=O)(=O)C1CC1. The third-order valence-corrected chi connectivity index (χ3v) is 13.5. The van der Waals surface area contributed by atoms with Gasteiger partial charge in [-0.3, -0.25) is 19.1 Å². The molecule has 15 heteroatoms. The lowest BCUT2D eigenvalue weighted by Gasteiger charge is -2.35. The van der Waals surface area contributed by atoms with Crippen LogP contribution in [0.2, 0.25) is 0 Å². The van der Waals surface area contributed by atoms with E-state index < -0.39 is 62.8 Å². The molecule has 4 atom stereocenters. The van der Waals surface area contributed by atoms with Gasteiger partial charge in [-0.25, -0.2) is 18.2 Å². The van der Waals surface area contributed by atoms with Gasteiger partial charge in [0.1, 0.15) is 23.7 Å². The first-order chi connectivity index (χ1) is 25.4. The molecule has 2 aromatic rings. The minimum absolute atomic E-state index is 0.00345. The smallest absolute Gasteiger partial charge is 0.407 e. The number of hydrogen-bond donors (Lipinski definition) is 3. The van der Waals surface area contributed by atoms with Crippen LogP contribution in [0.25, 0.3) is 10.8 Å². The number of fused-ring (bicyclic) bond motifs is 3. The molecular formula is C38H48IN5O8S. The van der Waals surface area contributed by atoms with E-state index in [-0.39, 0.29) is 31.9 Å². The molecular weight excluding hydrogens is 813 g/mol. The first kappa shape index (κ1) is 39.0. The minimum Gasteiger partial charge on any atom is -0.472 e. The molecule has 2 saturated carbocycles. The third-order valence-electron chi connectivity index (χ3n) is 10.7. The number of sulfonamides is 1. The second-order valence-electron chi connectivity index (χ2n) is 14.6. The number of rotatable bonds is 9. The van der Waals surface area contributed by atoms with Gasteiger partial charge < -0.3 is 25.0 Å². The maximum absolute atomic E-state index is 14.7. The van der Waals surface area contributed by atoms with E-state index >= 15 is 0 Å². The Labute approximate surface area is 324 Å². The van der Waals surface area contributed by atoms with E-state index in [0.717, 1.165) is 71.3 Å². The van der Waals surface area contributed by atoms with Gasteiger partial charge in [0.25, 0.3) is 5.91 Å². The van der Waals surface area contributed by atoms with E-state index in [1.54, 1.807) is 6.20 Å². The molecule has 3 N–H and O–H groups in total. The molecule has 286 valence electrons. The Morgan fingerprint density at radius 1 is 1.06 bits per heavy atom. The van der Waals surface area contributed by atoms with Crippen molar-refractivity contribution in [3.8, 4) is 5.88 Å². The van der Waals surface area contributed by atoms with Gasteiger partial charge >= 0.3 is 6.09 Å². The fraction of sp³-hybridized carbons (Fsp3) is 0.553. The van der Waals surface area contributed by atoms with Crippen molar-refractivity contribution in [3.05, 3.63) is 58.8 Å². The zero-order valence-corrected chi connectivity index (χ0v) is 32.8. The number of ether oxygens (including phenoxy) is 2. The second kappa shape index (κ2) is 16.7. The van der Waals surface area contributed by atoms with Crippen molar-refractivity contribution < 1.29 is 37.1 Å². The average Bonchev–Trinajstić information content (AvgIpc) is 3.93. The summed E-state index contributed by atoms with van der Waals surface area (Å²) in [6.45, 7) is 7.70. The van der Waals surface area contributed by atoms with Crippen molar-refractivity contribution in [1.82, 2.24) is 25.2 Å². The van der Waals surface area contributed by atoms with Crippen LogP contribution in [0.15, 0.2) is 49.7 Å². The van der Waals surface area contributed by atoms with Gasteiger partial charge in [0, 0.05) is 33.4 Å². The number of aromatic nitrogens is 1. The standard InChI is InChI=1S/C38H48IN5O8S/c1-3-17-38(4-2,36(47)43-53(49,50)27-14-15-27)42-33(45)31-22-26-23-44(31)35(46)32(25-12-8-5-9-13-25)41-37(48)51-19-10-6-7-11-24-20-29-28(30(39)21-24)16-18-40-34(29)52-26/h3-4,16,18,20-21,25-27,31-32H,1-2,5-15,17,19,22-23H2,(H,41,48)(H,42,45)(H,43,47)/t26-,31+,32+,38-/m1/s1. The minimum atomic E-state index is -3.96. The number of alkyl carbamates (subject to hydrolysis) is 1. The molecule has 13 nitrogen and oxygen atoms in total. The van der Waals surface area contributed by atoms with Crippen molar-refractivity contribution in [1.29, 1.82) is 0 Å². The monoisotopic (exact) mass is 861 g/mol. The number of benzene rings is 1. The van der Waals surface area contributed by atoms with Crippen LogP contribution in [0.1, 0.15) is 82.6 Å². The van der Waals surface area contributed by atoms with Gasteiger partial charge in [0.15, 0.2) is 0 Å². The Kier molecular flexibility index (Phi) is 12.3. The Bertz CT molecular complexity index is 1860. The highest BCUT2D eigenvalue weighted by atomic mass is 127. The molecule has 0 radical (unpaired) electrons. The molecule has 0 spiro atoms. The first-order valence-electron chi connectivity index (χ1n) is 18.5. The number of halogens is 1. The Hall–Kier alpha value is -3.73. The fourth-order valence-electron chi connectivity index (χ4n) is 7.65. The molecule has 1 aromatic carbocycles. The molecule has 4 aliphatic rings. The Morgan fingerprint density at radius 3 is 2.53 bits per heavy atom. The molecule has 1 saturated heterocycles. The number of carbonyl (C=O) groups excluding carboxylic acids is 4. The van der Waals surface area contributed by atoms with E-state index in [0.29, 0.717) is 25.1 Å². The molecule has 2 aliphatic heterocycles. The number of nitrogens with one attached hydrogen (secondary N) is 3. The highest BCUT2D eigenvalue weighted by Crippen LogP contribution is 2.34. The van der Waals surface area contributed by atoms with Crippen LogP contribution >= 0.6 is 22.6 Å². The predicted molar refractivity (Wildman–Crippen MR) is 207 cm³/mol. The van der Waals surface area contributed by atoms with Gasteiger partial charge in [0.05, 0.1) is 18.4 Å². The second-order valence-corrected chi connectivity index (χ2v) is 17.7. The highest BCUT2D eigenvalue weighted by Gasteiger charge is 2.49. The van der Waals surface area contributed by atoms with Crippen LogP contribution in [0.4, 0.5) is 4.79 Å². The van der Waals surface area contributed by atoms with Crippen molar-refractivity contribution in [2.75, 3.05) is 13.2 Å². The summed E-state index contributed by atoms with van der Waals surface area (Å²) >= 11 is 2.30. The van der Waals surface area contributed by atoms with Gasteiger partial charge in [-0.2, -0.15) is 0 Å². The normalized spacial score (nSPS) is 24.5. The topological polar surface area (TPSA) is 173 Å². The average molecular weight is 862 g/mol. The highest BCUT2D eigenvalue weighted by molar-refractivity contribution is 14.1. The Morgan fingerprint density at radius 2 is 1.81 bits per heavy atom. The quantitative estimate of drug-likeness (QED) is 0.236. The Balaban J connectivity index is 1.36. The van der Waals surface area contributed by atoms with Gasteiger partial charge in [-0.15, -0.1) is 13.2 Å². The van der Waals surface area contributed by atoms with Crippen LogP contribution < -0.4 is 20.1 Å². The summed E-state index contributed by atoms with van der Waals surface area (Å²) in [5.74, 6) is -1.93. The summed E-state index contributed by atoms with van der Waals surface area (Å²) in [6.07, 6.45) is 11.1. The van der Waals surface area contributed by atoms with E-state index in [1.165, 1.54) is 17.1 Å². The van der Waals surface area contributed by atoms with Crippen LogP contribution in [0.3, 0.4) is 0 Å². The number of nitrogens with zero attached hydrogens (tertiary/aromatic N) is 2. The van der Waals surface area contributed by atoms with Crippen molar-refractivity contribution in [3.63, 3.8) is 0 Å². The van der Waals surface area contributed by atoms with Crippen LogP contribution in [-0.4, -0.2) is 84.2 Å². The maximum Gasteiger partial charge on any atom is 0.407 e. The maximum atomic E-state index is 14.7. The molecule has 3 heterocycles. The molecule has 0 unspecified atom stereocenters. The van der Waals surface area contributed by atoms with Gasteiger partial charge in [0.2, 0.25) is 27.7 Å². The summed E-state index contributed by atoms with van der Waals surface area (Å²) < 4.78 is 40.8. The van der Waals surface area contributed by atoms with Crippen LogP contribution in [-0.2, 0) is 35.6 Å². The molecule has 4 amide bonds. The van der Waals surface area contributed by atoms with Crippen molar-refractivity contribution in [2.24, 2.45) is 5.92 Å². The molecule has 1 aromatic heterocycles. The number of hydrogen-bond acceptors (Lipinski definition) is 9. The van der Waals surface area contributed by atoms with E-state index in [9.17, 15) is 27.6 Å². The van der Waals surface area contributed by atoms with Crippen molar-refractivity contribution in [2.45, 2.75) is 112 Å². The number of cyclic esters (lactones) is 1. The third kappa shape index (κ3) is 8.98. The number of amides is 4. The largest absolute Gasteiger partial charge is 0.472 e. The van der Waals surface area contributed by atoms with Crippen LogP contribution in [0, 0.1) is 9.49 Å². The zero-order valence-electron chi connectivity index (χ0n) is 29.8. The van der Waals surface area contributed by atoms with E-state index in [2.05, 4.69) is 68.2 Å². The summed E-state index contributed by atoms with van der Waals surface area (Å²) in [6, 6.07) is 4.02. The number of pyridine rings is 1. The summed E-state index contributed by atoms with van der Waals surface area (Å²) in [7, 11) is -3.96. The van der Waals surface area contributed by atoms with Crippen LogP contribution in [0.5, 0.6) is 5.88 Å². The lowest BCUT2D eigenvalue weighted by atomic mass is 9.83. The number of carbonyl (C=O) groups is 4.